The number of benzene rings is 8. The molecule has 0 spiro atoms. The molecule has 0 unspecified atom stereocenters. The van der Waals surface area contributed by atoms with Gasteiger partial charge in [0.2, 0.25) is 0 Å². The molecule has 228 valence electrons. The zero-order valence-electron chi connectivity index (χ0n) is 27.2. The number of hydrogen-bond acceptors (Lipinski definition) is 1. The lowest BCUT2D eigenvalue weighted by Gasteiger charge is -2.28. The zero-order valence-corrected chi connectivity index (χ0v) is 27.2. The second-order valence-corrected chi connectivity index (χ2v) is 13.4. The summed E-state index contributed by atoms with van der Waals surface area (Å²) in [7, 11) is 0. The molecular weight excluding hydrogens is 579 g/mol. The van der Waals surface area contributed by atoms with E-state index in [0.29, 0.717) is 0 Å². The monoisotopic (exact) mass is 613 g/mol. The molecule has 0 bridgehead atoms. The molecule has 0 atom stereocenters. The van der Waals surface area contributed by atoms with E-state index >= 15 is 0 Å². The van der Waals surface area contributed by atoms with Crippen molar-refractivity contribution in [2.75, 3.05) is 4.90 Å². The van der Waals surface area contributed by atoms with Crippen molar-refractivity contribution in [1.82, 2.24) is 0 Å². The Hall–Kier alpha value is -5.92. The summed E-state index contributed by atoms with van der Waals surface area (Å²) in [6.45, 7) is 4.75. The Balaban J connectivity index is 1.10. The van der Waals surface area contributed by atoms with Crippen molar-refractivity contribution in [3.63, 3.8) is 0 Å². The van der Waals surface area contributed by atoms with Gasteiger partial charge in [-0.3, -0.25) is 0 Å². The molecule has 1 heteroatoms. The Morgan fingerprint density at radius 3 is 1.67 bits per heavy atom. The van der Waals surface area contributed by atoms with Gasteiger partial charge in [-0.1, -0.05) is 141 Å². The molecule has 1 aliphatic rings. The highest BCUT2D eigenvalue weighted by Crippen LogP contribution is 2.51. The van der Waals surface area contributed by atoms with Crippen LogP contribution in [-0.4, -0.2) is 0 Å². The molecule has 48 heavy (non-hydrogen) atoms. The fourth-order valence-corrected chi connectivity index (χ4v) is 7.69. The Morgan fingerprint density at radius 2 is 0.875 bits per heavy atom. The van der Waals surface area contributed by atoms with Gasteiger partial charge in [-0.05, 0) is 115 Å². The van der Waals surface area contributed by atoms with Crippen LogP contribution in [0, 0.1) is 0 Å². The third-order valence-electron chi connectivity index (χ3n) is 10.2. The molecule has 1 aliphatic carbocycles. The standard InChI is InChI=1S/C47H35N/c1-47(2)45-30-36(35-21-26-42-37(29-35)18-17-34-13-9-10-16-41(34)42)22-27-43(45)44-28-25-40(31-46(44)47)48(38-14-7-4-8-15-38)39-23-19-33(20-24-39)32-11-5-3-6-12-32/h3-31H,1-2H3. The normalized spacial score (nSPS) is 13.0. The third-order valence-corrected chi connectivity index (χ3v) is 10.2. The number of rotatable bonds is 5. The minimum atomic E-state index is -0.150. The Morgan fingerprint density at radius 1 is 0.354 bits per heavy atom. The van der Waals surface area contributed by atoms with Crippen molar-refractivity contribution in [3.8, 4) is 33.4 Å². The molecule has 0 N–H and O–H groups in total. The van der Waals surface area contributed by atoms with Gasteiger partial charge >= 0.3 is 0 Å². The van der Waals surface area contributed by atoms with Crippen molar-refractivity contribution < 1.29 is 0 Å². The van der Waals surface area contributed by atoms with E-state index in [1.54, 1.807) is 0 Å². The van der Waals surface area contributed by atoms with Crippen LogP contribution in [0.5, 0.6) is 0 Å². The minimum absolute atomic E-state index is 0.150. The van der Waals surface area contributed by atoms with Gasteiger partial charge in [0.05, 0.1) is 0 Å². The molecule has 1 nitrogen and oxygen atoms in total. The molecule has 8 aromatic carbocycles. The van der Waals surface area contributed by atoms with Crippen LogP contribution in [0.1, 0.15) is 25.0 Å². The molecule has 0 aliphatic heterocycles. The molecule has 0 amide bonds. The molecule has 0 aromatic heterocycles. The largest absolute Gasteiger partial charge is 0.310 e. The van der Waals surface area contributed by atoms with E-state index in [9.17, 15) is 0 Å². The molecule has 8 aromatic rings. The van der Waals surface area contributed by atoms with Crippen LogP contribution < -0.4 is 4.90 Å². The van der Waals surface area contributed by atoms with Gasteiger partial charge in [0.25, 0.3) is 0 Å². The quantitative estimate of drug-likeness (QED) is 0.175. The highest BCUT2D eigenvalue weighted by molar-refractivity contribution is 6.08. The van der Waals surface area contributed by atoms with Gasteiger partial charge in [0.15, 0.2) is 0 Å². The average Bonchev–Trinajstić information content (AvgIpc) is 3.37. The van der Waals surface area contributed by atoms with Gasteiger partial charge in [-0.25, -0.2) is 0 Å². The van der Waals surface area contributed by atoms with Gasteiger partial charge in [0.1, 0.15) is 0 Å². The lowest BCUT2D eigenvalue weighted by atomic mass is 9.81. The Labute approximate surface area is 282 Å². The van der Waals surface area contributed by atoms with Crippen molar-refractivity contribution in [1.29, 1.82) is 0 Å². The number of anilines is 3. The van der Waals surface area contributed by atoms with Crippen molar-refractivity contribution in [2.24, 2.45) is 0 Å². The summed E-state index contributed by atoms with van der Waals surface area (Å²) >= 11 is 0. The van der Waals surface area contributed by atoms with Gasteiger partial charge in [-0.2, -0.15) is 0 Å². The van der Waals surface area contributed by atoms with E-state index in [1.165, 1.54) is 66.1 Å². The first-order valence-corrected chi connectivity index (χ1v) is 16.8. The summed E-state index contributed by atoms with van der Waals surface area (Å²) in [6.07, 6.45) is 0. The highest BCUT2D eigenvalue weighted by atomic mass is 15.1. The highest BCUT2D eigenvalue weighted by Gasteiger charge is 2.36. The summed E-state index contributed by atoms with van der Waals surface area (Å²) in [4.78, 5) is 2.37. The molecule has 0 radical (unpaired) electrons. The predicted molar refractivity (Wildman–Crippen MR) is 205 cm³/mol. The van der Waals surface area contributed by atoms with Crippen LogP contribution in [-0.2, 0) is 5.41 Å². The molecule has 0 saturated heterocycles. The van der Waals surface area contributed by atoms with Gasteiger partial charge in [0, 0.05) is 22.5 Å². The van der Waals surface area contributed by atoms with Gasteiger partial charge < -0.3 is 4.90 Å². The van der Waals surface area contributed by atoms with Crippen LogP contribution in [0.2, 0.25) is 0 Å². The van der Waals surface area contributed by atoms with E-state index in [2.05, 4.69) is 195 Å². The fraction of sp³-hybridized carbons (Fsp3) is 0.0638. The molecular formula is C47H35N. The van der Waals surface area contributed by atoms with E-state index in [4.69, 9.17) is 0 Å². The Bertz CT molecular complexity index is 2460. The lowest BCUT2D eigenvalue weighted by molar-refractivity contribution is 0.660. The summed E-state index contributed by atoms with van der Waals surface area (Å²) in [5, 5.41) is 5.16. The second kappa shape index (κ2) is 11.1. The fourth-order valence-electron chi connectivity index (χ4n) is 7.69. The number of hydrogen-bond donors (Lipinski definition) is 0. The third kappa shape index (κ3) is 4.62. The first-order chi connectivity index (χ1) is 23.5. The summed E-state index contributed by atoms with van der Waals surface area (Å²) in [5.74, 6) is 0. The smallest absolute Gasteiger partial charge is 0.0465 e. The van der Waals surface area contributed by atoms with E-state index < -0.39 is 0 Å². The molecule has 0 fully saturated rings. The van der Waals surface area contributed by atoms with Crippen molar-refractivity contribution in [3.05, 3.63) is 187 Å². The van der Waals surface area contributed by atoms with E-state index in [-0.39, 0.29) is 5.41 Å². The van der Waals surface area contributed by atoms with Crippen molar-refractivity contribution >= 4 is 38.6 Å². The summed E-state index contributed by atoms with van der Waals surface area (Å²) in [6, 6.07) is 64.3. The number of para-hydroxylation sites is 1. The number of nitrogens with zero attached hydrogens (tertiary/aromatic N) is 1. The van der Waals surface area contributed by atoms with E-state index in [0.717, 1.165) is 17.1 Å². The van der Waals surface area contributed by atoms with E-state index in [1.807, 2.05) is 0 Å². The molecule has 0 heterocycles. The van der Waals surface area contributed by atoms with Crippen LogP contribution in [0.25, 0.3) is 54.9 Å². The maximum Gasteiger partial charge on any atom is 0.0465 e. The minimum Gasteiger partial charge on any atom is -0.310 e. The van der Waals surface area contributed by atoms with Crippen LogP contribution >= 0.6 is 0 Å². The van der Waals surface area contributed by atoms with Crippen LogP contribution in [0.15, 0.2) is 176 Å². The summed E-state index contributed by atoms with van der Waals surface area (Å²) in [5.41, 5.74) is 13.6. The second-order valence-electron chi connectivity index (χ2n) is 13.4. The van der Waals surface area contributed by atoms with Crippen LogP contribution in [0.4, 0.5) is 17.1 Å². The predicted octanol–water partition coefficient (Wildman–Crippen LogP) is 13.1. The van der Waals surface area contributed by atoms with Gasteiger partial charge in [-0.15, -0.1) is 0 Å². The SMILES string of the molecule is CC1(C)c2cc(-c3ccc4c(ccc5ccccc54)c3)ccc2-c2ccc(N(c3ccccc3)c3ccc(-c4ccccc4)cc3)cc21. The maximum atomic E-state index is 2.43. The van der Waals surface area contributed by atoms with Crippen LogP contribution in [0.3, 0.4) is 0 Å². The maximum absolute atomic E-state index is 2.43. The lowest BCUT2D eigenvalue weighted by Crippen LogP contribution is -2.16. The number of fused-ring (bicyclic) bond motifs is 6. The first-order valence-electron chi connectivity index (χ1n) is 16.8. The molecule has 9 rings (SSSR count). The topological polar surface area (TPSA) is 3.24 Å². The Kier molecular flexibility index (Phi) is 6.55. The average molecular weight is 614 g/mol. The van der Waals surface area contributed by atoms with Crippen molar-refractivity contribution in [2.45, 2.75) is 19.3 Å². The summed E-state index contributed by atoms with van der Waals surface area (Å²) < 4.78 is 0. The molecule has 0 saturated carbocycles. The zero-order chi connectivity index (χ0) is 32.2. The first kappa shape index (κ1) is 28.3.